The van der Waals surface area contributed by atoms with Crippen LogP contribution in [0, 0.1) is 6.92 Å². The minimum atomic E-state index is -4.76. The molecule has 0 unspecified atom stereocenters. The molecule has 0 aliphatic carbocycles. The molecule has 2 heterocycles. The Bertz CT molecular complexity index is 1230. The summed E-state index contributed by atoms with van der Waals surface area (Å²) in [5.74, 6) is 0.459. The molecule has 0 spiro atoms. The van der Waals surface area contributed by atoms with Crippen molar-refractivity contribution in [2.24, 2.45) is 0 Å². The van der Waals surface area contributed by atoms with Crippen LogP contribution in [-0.2, 0) is 16.1 Å². The highest BCUT2D eigenvalue weighted by Gasteiger charge is 2.32. The summed E-state index contributed by atoms with van der Waals surface area (Å²) in [6.45, 7) is 4.61. The Morgan fingerprint density at radius 1 is 1.14 bits per heavy atom. The number of amides is 1. The molecule has 2 aromatic carbocycles. The largest absolute Gasteiger partial charge is 0.573 e. The van der Waals surface area contributed by atoms with Crippen LogP contribution in [0.25, 0.3) is 0 Å². The molecular weight excluding hydrogens is 489 g/mol. The summed E-state index contributed by atoms with van der Waals surface area (Å²) in [5, 5.41) is 5.93. The first-order chi connectivity index (χ1) is 17.7. The number of nitrogens with one attached hydrogen (secondary N) is 2. The summed E-state index contributed by atoms with van der Waals surface area (Å²) in [5.41, 5.74) is 2.68. The maximum absolute atomic E-state index is 12.6. The predicted molar refractivity (Wildman–Crippen MR) is 132 cm³/mol. The quantitative estimate of drug-likeness (QED) is 0.433. The van der Waals surface area contributed by atoms with Gasteiger partial charge in [0, 0.05) is 37.0 Å². The van der Waals surface area contributed by atoms with Gasteiger partial charge in [-0.15, -0.1) is 13.2 Å². The number of aryl methyl sites for hydroxylation is 1. The van der Waals surface area contributed by atoms with E-state index in [2.05, 4.69) is 30.3 Å². The van der Waals surface area contributed by atoms with Gasteiger partial charge in [-0.1, -0.05) is 24.3 Å². The number of ether oxygens (including phenoxy) is 2. The zero-order valence-electron chi connectivity index (χ0n) is 20.4. The normalized spacial score (nSPS) is 14.4. The fourth-order valence-electron chi connectivity index (χ4n) is 3.93. The Morgan fingerprint density at radius 3 is 2.62 bits per heavy atom. The standard InChI is InChI=1S/C25H27F3N6O3/c1-16-7-8-19(13-21(16)31-17(2)35)32-23-29-15-30-24(33-23)34-11-9-20(10-12-34)36-14-18-5-3-4-6-22(18)37-25(26,27)28/h3-8,13,15,20H,9-12,14H2,1-2H3,(H,31,35)(H,29,30,32,33). The van der Waals surface area contributed by atoms with Crippen molar-refractivity contribution in [3.63, 3.8) is 0 Å². The second kappa shape index (κ2) is 11.4. The summed E-state index contributed by atoms with van der Waals surface area (Å²) in [4.78, 5) is 26.4. The molecule has 3 aromatic rings. The van der Waals surface area contributed by atoms with Crippen molar-refractivity contribution in [1.82, 2.24) is 15.0 Å². The molecule has 2 N–H and O–H groups in total. The van der Waals surface area contributed by atoms with E-state index >= 15 is 0 Å². The number of hydrogen-bond donors (Lipinski definition) is 2. The first-order valence-electron chi connectivity index (χ1n) is 11.7. The van der Waals surface area contributed by atoms with Gasteiger partial charge in [-0.05, 0) is 43.5 Å². The lowest BCUT2D eigenvalue weighted by atomic mass is 10.1. The summed E-state index contributed by atoms with van der Waals surface area (Å²) in [6, 6.07) is 11.5. The van der Waals surface area contributed by atoms with Crippen LogP contribution in [-0.4, -0.2) is 46.4 Å². The van der Waals surface area contributed by atoms with Crippen LogP contribution in [0.4, 0.5) is 36.4 Å². The maximum Gasteiger partial charge on any atom is 0.573 e. The number of alkyl halides is 3. The van der Waals surface area contributed by atoms with Gasteiger partial charge in [-0.2, -0.15) is 4.98 Å². The molecular formula is C25H27F3N6O3. The van der Waals surface area contributed by atoms with Crippen LogP contribution in [0.1, 0.15) is 30.9 Å². The minimum Gasteiger partial charge on any atom is -0.405 e. The van der Waals surface area contributed by atoms with Crippen molar-refractivity contribution in [2.45, 2.75) is 45.8 Å². The Kier molecular flexibility index (Phi) is 8.07. The molecule has 1 aliphatic heterocycles. The van der Waals surface area contributed by atoms with Crippen molar-refractivity contribution >= 4 is 29.2 Å². The topological polar surface area (TPSA) is 102 Å². The van der Waals surface area contributed by atoms with Crippen LogP contribution >= 0.6 is 0 Å². The molecule has 4 rings (SSSR count). The third-order valence-corrected chi connectivity index (χ3v) is 5.76. The third-order valence-electron chi connectivity index (χ3n) is 5.76. The zero-order chi connectivity index (χ0) is 26.4. The first-order valence-corrected chi connectivity index (χ1v) is 11.7. The molecule has 1 aromatic heterocycles. The number of carbonyl (C=O) groups is 1. The second-order valence-corrected chi connectivity index (χ2v) is 8.60. The number of nitrogens with zero attached hydrogens (tertiary/aromatic N) is 4. The summed E-state index contributed by atoms with van der Waals surface area (Å²) >= 11 is 0. The molecule has 1 amide bonds. The number of para-hydroxylation sites is 1. The van der Waals surface area contributed by atoms with E-state index in [1.807, 2.05) is 24.0 Å². The maximum atomic E-state index is 12.6. The molecule has 1 aliphatic rings. The lowest BCUT2D eigenvalue weighted by Crippen LogP contribution is -2.38. The average Bonchev–Trinajstić information content (AvgIpc) is 2.85. The number of rotatable bonds is 8. The van der Waals surface area contributed by atoms with Gasteiger partial charge >= 0.3 is 6.36 Å². The first kappa shape index (κ1) is 26.1. The van der Waals surface area contributed by atoms with Crippen LogP contribution < -0.4 is 20.3 Å². The van der Waals surface area contributed by atoms with Crippen LogP contribution in [0.2, 0.25) is 0 Å². The zero-order valence-corrected chi connectivity index (χ0v) is 20.4. The van der Waals surface area contributed by atoms with E-state index in [0.717, 1.165) is 5.56 Å². The van der Waals surface area contributed by atoms with E-state index in [0.29, 0.717) is 54.8 Å². The Labute approximate surface area is 212 Å². The van der Waals surface area contributed by atoms with Crippen molar-refractivity contribution in [3.05, 3.63) is 59.9 Å². The van der Waals surface area contributed by atoms with Crippen molar-refractivity contribution < 1.29 is 27.4 Å². The number of hydrogen-bond acceptors (Lipinski definition) is 8. The predicted octanol–water partition coefficient (Wildman–Crippen LogP) is 4.97. The number of piperidine rings is 1. The number of carbonyl (C=O) groups excluding carboxylic acids is 1. The number of halogens is 3. The van der Waals surface area contributed by atoms with E-state index in [4.69, 9.17) is 4.74 Å². The fraction of sp³-hybridized carbons (Fsp3) is 0.360. The SMILES string of the molecule is CC(=O)Nc1cc(Nc2ncnc(N3CCC(OCc4ccccc4OC(F)(F)F)CC3)n2)ccc1C. The Morgan fingerprint density at radius 2 is 1.89 bits per heavy atom. The van der Waals surface area contributed by atoms with E-state index in [-0.39, 0.29) is 24.4 Å². The van der Waals surface area contributed by atoms with E-state index < -0.39 is 6.36 Å². The molecule has 0 radical (unpaired) electrons. The molecule has 0 atom stereocenters. The molecule has 1 saturated heterocycles. The molecule has 1 fully saturated rings. The van der Waals surface area contributed by atoms with E-state index in [1.165, 1.54) is 25.4 Å². The lowest BCUT2D eigenvalue weighted by molar-refractivity contribution is -0.275. The number of anilines is 4. The molecule has 0 bridgehead atoms. The molecule has 0 saturated carbocycles. The van der Waals surface area contributed by atoms with Gasteiger partial charge in [0.25, 0.3) is 0 Å². The average molecular weight is 517 g/mol. The number of aromatic nitrogens is 3. The summed E-state index contributed by atoms with van der Waals surface area (Å²) < 4.78 is 47.9. The Balaban J connectivity index is 1.32. The molecule has 37 heavy (non-hydrogen) atoms. The molecule has 9 nitrogen and oxygen atoms in total. The summed E-state index contributed by atoms with van der Waals surface area (Å²) in [7, 11) is 0. The van der Waals surface area contributed by atoms with Gasteiger partial charge in [0.05, 0.1) is 12.7 Å². The highest BCUT2D eigenvalue weighted by Crippen LogP contribution is 2.28. The third kappa shape index (κ3) is 7.53. The molecule has 12 heteroatoms. The van der Waals surface area contributed by atoms with Crippen molar-refractivity contribution in [2.75, 3.05) is 28.6 Å². The molecule has 196 valence electrons. The van der Waals surface area contributed by atoms with Gasteiger partial charge in [0.15, 0.2) is 0 Å². The highest BCUT2D eigenvalue weighted by molar-refractivity contribution is 5.90. The van der Waals surface area contributed by atoms with Crippen LogP contribution in [0.5, 0.6) is 5.75 Å². The monoisotopic (exact) mass is 516 g/mol. The number of benzene rings is 2. The lowest BCUT2D eigenvalue weighted by Gasteiger charge is -2.32. The Hall–Kier alpha value is -3.93. The van der Waals surface area contributed by atoms with Crippen LogP contribution in [0.3, 0.4) is 0 Å². The second-order valence-electron chi connectivity index (χ2n) is 8.60. The highest BCUT2D eigenvalue weighted by atomic mass is 19.4. The van der Waals surface area contributed by atoms with Gasteiger partial charge in [-0.3, -0.25) is 4.79 Å². The summed E-state index contributed by atoms with van der Waals surface area (Å²) in [6.07, 6.45) is -2.13. The van der Waals surface area contributed by atoms with Gasteiger partial charge in [0.1, 0.15) is 12.1 Å². The van der Waals surface area contributed by atoms with E-state index in [9.17, 15) is 18.0 Å². The van der Waals surface area contributed by atoms with E-state index in [1.54, 1.807) is 18.2 Å². The minimum absolute atomic E-state index is 0.0216. The fourth-order valence-corrected chi connectivity index (χ4v) is 3.93. The van der Waals surface area contributed by atoms with Crippen molar-refractivity contribution in [1.29, 1.82) is 0 Å². The van der Waals surface area contributed by atoms with Gasteiger partial charge in [-0.25, -0.2) is 9.97 Å². The smallest absolute Gasteiger partial charge is 0.405 e. The van der Waals surface area contributed by atoms with Gasteiger partial charge in [0.2, 0.25) is 17.8 Å². The van der Waals surface area contributed by atoms with Gasteiger partial charge < -0.3 is 25.0 Å². The van der Waals surface area contributed by atoms with Crippen molar-refractivity contribution in [3.8, 4) is 5.75 Å². The van der Waals surface area contributed by atoms with Crippen LogP contribution in [0.15, 0.2) is 48.8 Å².